The molecule has 0 N–H and O–H groups in total. The smallest absolute Gasteiger partial charge is 0.273 e. The Labute approximate surface area is 124 Å². The van der Waals surface area contributed by atoms with Crippen LogP contribution in [0.4, 0.5) is 17.6 Å². The summed E-state index contributed by atoms with van der Waals surface area (Å²) in [5.74, 6) is -1.09. The van der Waals surface area contributed by atoms with Gasteiger partial charge in [-0.05, 0) is 25.0 Å². The predicted molar refractivity (Wildman–Crippen MR) is 68.8 cm³/mol. The second kappa shape index (κ2) is 4.91. The lowest BCUT2D eigenvalue weighted by atomic mass is 9.85. The van der Waals surface area contributed by atoms with Gasteiger partial charge in [-0.3, -0.25) is 14.8 Å². The van der Waals surface area contributed by atoms with Crippen LogP contribution in [-0.2, 0) is 4.79 Å². The molecule has 3 heterocycles. The molecule has 2 fully saturated rings. The Morgan fingerprint density at radius 3 is 2.77 bits per heavy atom. The van der Waals surface area contributed by atoms with Crippen LogP contribution in [0.5, 0.6) is 0 Å². The molecule has 3 rings (SSSR count). The number of carbonyl (C=O) groups is 1. The van der Waals surface area contributed by atoms with E-state index in [0.717, 1.165) is 6.20 Å². The molecule has 8 heteroatoms. The van der Waals surface area contributed by atoms with E-state index in [-0.39, 0.29) is 6.54 Å². The topological polar surface area (TPSA) is 36.4 Å². The number of pyridine rings is 1. The van der Waals surface area contributed by atoms with E-state index in [4.69, 9.17) is 0 Å². The van der Waals surface area contributed by atoms with Crippen LogP contribution in [0.2, 0.25) is 0 Å². The zero-order valence-corrected chi connectivity index (χ0v) is 11.9. The van der Waals surface area contributed by atoms with Gasteiger partial charge in [-0.2, -0.15) is 13.2 Å². The highest BCUT2D eigenvalue weighted by molar-refractivity contribution is 5.85. The van der Waals surface area contributed by atoms with E-state index >= 15 is 0 Å². The van der Waals surface area contributed by atoms with E-state index in [9.17, 15) is 22.4 Å². The first-order valence-electron chi connectivity index (χ1n) is 6.95. The third-order valence-corrected chi connectivity index (χ3v) is 4.22. The minimum atomic E-state index is -4.40. The molecule has 2 aliphatic rings. The lowest BCUT2D eigenvalue weighted by molar-refractivity contribution is -0.166. The molecule has 1 unspecified atom stereocenters. The van der Waals surface area contributed by atoms with Crippen molar-refractivity contribution in [3.05, 3.63) is 29.8 Å². The van der Waals surface area contributed by atoms with Crippen molar-refractivity contribution in [2.45, 2.75) is 32.0 Å². The Morgan fingerprint density at radius 2 is 2.14 bits per heavy atom. The molecule has 22 heavy (non-hydrogen) atoms. The number of hydrazine groups is 1. The minimum absolute atomic E-state index is 0.0323. The highest BCUT2D eigenvalue weighted by Gasteiger charge is 2.56. The van der Waals surface area contributed by atoms with Crippen LogP contribution in [0.1, 0.15) is 31.4 Å². The summed E-state index contributed by atoms with van der Waals surface area (Å²) < 4.78 is 51.5. The summed E-state index contributed by atoms with van der Waals surface area (Å²) in [6.45, 7) is 1.84. The number of alkyl halides is 3. The molecule has 1 aromatic rings. The summed E-state index contributed by atoms with van der Waals surface area (Å²) >= 11 is 0. The van der Waals surface area contributed by atoms with E-state index in [2.05, 4.69) is 4.98 Å². The summed E-state index contributed by atoms with van der Waals surface area (Å²) in [5.41, 5.74) is -0.982. The molecule has 0 radical (unpaired) electrons. The Balaban J connectivity index is 1.87. The quantitative estimate of drug-likeness (QED) is 0.787. The van der Waals surface area contributed by atoms with Gasteiger partial charge in [0, 0.05) is 19.3 Å². The Hall–Kier alpha value is -1.70. The van der Waals surface area contributed by atoms with Gasteiger partial charge in [0.05, 0.1) is 24.1 Å². The highest BCUT2D eigenvalue weighted by Crippen LogP contribution is 2.46. The van der Waals surface area contributed by atoms with E-state index in [0.29, 0.717) is 18.5 Å². The van der Waals surface area contributed by atoms with Gasteiger partial charge in [-0.1, -0.05) is 0 Å². The fourth-order valence-corrected chi connectivity index (χ4v) is 3.36. The van der Waals surface area contributed by atoms with Crippen molar-refractivity contribution in [2.75, 3.05) is 13.1 Å². The third kappa shape index (κ3) is 2.55. The van der Waals surface area contributed by atoms with Gasteiger partial charge in [-0.15, -0.1) is 0 Å². The zero-order valence-electron chi connectivity index (χ0n) is 11.9. The predicted octanol–water partition coefficient (Wildman–Crippen LogP) is 2.68. The van der Waals surface area contributed by atoms with Crippen LogP contribution >= 0.6 is 0 Å². The van der Waals surface area contributed by atoms with Crippen LogP contribution in [0, 0.1) is 11.2 Å². The number of rotatable bonds is 2. The first-order valence-corrected chi connectivity index (χ1v) is 6.95. The average molecular weight is 317 g/mol. The molecule has 0 aliphatic carbocycles. The summed E-state index contributed by atoms with van der Waals surface area (Å²) in [4.78, 5) is 16.3. The van der Waals surface area contributed by atoms with Crippen LogP contribution in [0.15, 0.2) is 18.5 Å². The molecular formula is C14H15F4N3O. The van der Waals surface area contributed by atoms with Crippen LogP contribution in [-0.4, -0.2) is 40.2 Å². The van der Waals surface area contributed by atoms with Crippen LogP contribution < -0.4 is 0 Å². The van der Waals surface area contributed by atoms with E-state index in [1.165, 1.54) is 24.2 Å². The standard InChI is InChI=1S/C14H15F4N3O/c1-13(7-14(16,17)18)8-20-3-2-11(21(20)12(13)22)9-4-10(15)6-19-5-9/h4-6,11H,2-3,7-8H2,1H3/t11-,13?/m0/s1. The van der Waals surface area contributed by atoms with Gasteiger partial charge in [0.25, 0.3) is 0 Å². The number of amides is 1. The number of carbonyl (C=O) groups excluding carboxylic acids is 1. The fraction of sp³-hybridized carbons (Fsp3) is 0.571. The summed E-state index contributed by atoms with van der Waals surface area (Å²) in [5, 5.41) is 2.98. The van der Waals surface area contributed by atoms with Crippen molar-refractivity contribution in [3.63, 3.8) is 0 Å². The van der Waals surface area contributed by atoms with Crippen molar-refractivity contribution >= 4 is 5.91 Å². The fourth-order valence-electron chi connectivity index (χ4n) is 3.36. The van der Waals surface area contributed by atoms with Crippen molar-refractivity contribution in [2.24, 2.45) is 5.41 Å². The first kappa shape index (κ1) is 15.2. The number of hydrogen-bond acceptors (Lipinski definition) is 3. The lowest BCUT2D eigenvalue weighted by Crippen LogP contribution is -2.38. The molecule has 1 amide bonds. The van der Waals surface area contributed by atoms with Gasteiger partial charge in [0.15, 0.2) is 0 Å². The molecular weight excluding hydrogens is 302 g/mol. The van der Waals surface area contributed by atoms with E-state index in [1.807, 2.05) is 0 Å². The molecule has 0 spiro atoms. The molecule has 2 saturated heterocycles. The highest BCUT2D eigenvalue weighted by atomic mass is 19.4. The summed E-state index contributed by atoms with van der Waals surface area (Å²) in [6.07, 6.45) is -2.50. The number of nitrogens with zero attached hydrogens (tertiary/aromatic N) is 3. The molecule has 2 atom stereocenters. The summed E-state index contributed by atoms with van der Waals surface area (Å²) in [6, 6.07) is 0.819. The number of fused-ring (bicyclic) bond motifs is 1. The first-order chi connectivity index (χ1) is 10.2. The summed E-state index contributed by atoms with van der Waals surface area (Å²) in [7, 11) is 0. The van der Waals surface area contributed by atoms with Crippen LogP contribution in [0.3, 0.4) is 0 Å². The van der Waals surface area contributed by atoms with Crippen molar-refractivity contribution in [1.29, 1.82) is 0 Å². The Bertz CT molecular complexity index is 606. The second-order valence-corrected chi connectivity index (χ2v) is 6.13. The maximum Gasteiger partial charge on any atom is 0.390 e. The Morgan fingerprint density at radius 1 is 1.41 bits per heavy atom. The molecule has 4 nitrogen and oxygen atoms in total. The monoisotopic (exact) mass is 317 g/mol. The molecule has 0 aromatic carbocycles. The maximum atomic E-state index is 13.3. The van der Waals surface area contributed by atoms with Crippen molar-refractivity contribution < 1.29 is 22.4 Å². The van der Waals surface area contributed by atoms with Gasteiger partial charge in [0.1, 0.15) is 5.82 Å². The third-order valence-electron chi connectivity index (χ3n) is 4.22. The molecule has 120 valence electrons. The van der Waals surface area contributed by atoms with Gasteiger partial charge in [-0.25, -0.2) is 9.40 Å². The molecule has 2 aliphatic heterocycles. The zero-order chi connectivity index (χ0) is 16.1. The van der Waals surface area contributed by atoms with Crippen LogP contribution in [0.25, 0.3) is 0 Å². The second-order valence-electron chi connectivity index (χ2n) is 6.13. The average Bonchev–Trinajstić information content (AvgIpc) is 2.87. The van der Waals surface area contributed by atoms with Crippen molar-refractivity contribution in [3.8, 4) is 0 Å². The normalized spacial score (nSPS) is 29.2. The van der Waals surface area contributed by atoms with Gasteiger partial charge >= 0.3 is 6.18 Å². The Kier molecular flexibility index (Phi) is 3.39. The van der Waals surface area contributed by atoms with Crippen molar-refractivity contribution in [1.82, 2.24) is 15.0 Å². The largest absolute Gasteiger partial charge is 0.390 e. The molecule has 0 saturated carbocycles. The number of halogens is 4. The molecule has 1 aromatic heterocycles. The van der Waals surface area contributed by atoms with Gasteiger partial charge < -0.3 is 0 Å². The number of hydrogen-bond donors (Lipinski definition) is 0. The SMILES string of the molecule is CC1(CC(F)(F)F)CN2CC[C@@H](c3cncc(F)c3)N2C1=O. The lowest BCUT2D eigenvalue weighted by Gasteiger charge is -2.27. The number of aromatic nitrogens is 1. The van der Waals surface area contributed by atoms with Gasteiger partial charge in [0.2, 0.25) is 5.91 Å². The molecule has 0 bridgehead atoms. The minimum Gasteiger partial charge on any atom is -0.273 e. The van der Waals surface area contributed by atoms with E-state index < -0.39 is 35.8 Å². The maximum absolute atomic E-state index is 13.3. The van der Waals surface area contributed by atoms with E-state index in [1.54, 1.807) is 5.01 Å².